The van der Waals surface area contributed by atoms with Crippen molar-refractivity contribution < 1.29 is 18.7 Å². The van der Waals surface area contributed by atoms with E-state index in [0.29, 0.717) is 51.8 Å². The fraction of sp³-hybridized carbons (Fsp3) is 0.312. The van der Waals surface area contributed by atoms with Crippen LogP contribution >= 0.6 is 23.2 Å². The molecule has 8 nitrogen and oxygen atoms in total. The summed E-state index contributed by atoms with van der Waals surface area (Å²) in [6.45, 7) is 3.70. The molecular formula is C32H28Cl2FN5O3. The molecule has 4 unspecified atom stereocenters. The van der Waals surface area contributed by atoms with Crippen LogP contribution in [0.15, 0.2) is 67.1 Å². The normalized spacial score (nSPS) is 24.4. The lowest BCUT2D eigenvalue weighted by molar-refractivity contribution is -0.170. The van der Waals surface area contributed by atoms with Gasteiger partial charge in [-0.2, -0.15) is 0 Å². The Labute approximate surface area is 257 Å². The number of pyridine rings is 1. The maximum absolute atomic E-state index is 15.3. The minimum atomic E-state index is -0.880. The Balaban J connectivity index is 1.20. The van der Waals surface area contributed by atoms with Crippen molar-refractivity contribution in [2.24, 2.45) is 5.41 Å². The number of halogens is 3. The third-order valence-electron chi connectivity index (χ3n) is 8.53. The van der Waals surface area contributed by atoms with Gasteiger partial charge in [0.15, 0.2) is 5.79 Å². The summed E-state index contributed by atoms with van der Waals surface area (Å²) < 4.78 is 30.1. The minimum Gasteiger partial charge on any atom is -0.343 e. The molecule has 2 aliphatic rings. The summed E-state index contributed by atoms with van der Waals surface area (Å²) >= 11 is 12.8. The Morgan fingerprint density at radius 1 is 1.09 bits per heavy atom. The molecule has 2 aromatic carbocycles. The quantitative estimate of drug-likeness (QED) is 0.149. The number of aryl methyl sites for hydroxylation is 1. The molecule has 3 aromatic heterocycles. The van der Waals surface area contributed by atoms with Crippen molar-refractivity contribution >= 4 is 62.9 Å². The second kappa shape index (κ2) is 10.5. The second-order valence-electron chi connectivity index (χ2n) is 11.7. The number of nitrogens with zero attached hydrogens (tertiary/aromatic N) is 4. The van der Waals surface area contributed by atoms with E-state index in [1.54, 1.807) is 6.07 Å². The number of ether oxygens (including phenoxy) is 2. The Morgan fingerprint density at radius 3 is 2.70 bits per heavy atom. The van der Waals surface area contributed by atoms with Gasteiger partial charge in [0.2, 0.25) is 0 Å². The van der Waals surface area contributed by atoms with Crippen LogP contribution in [0, 0.1) is 11.2 Å². The van der Waals surface area contributed by atoms with Crippen LogP contribution in [-0.4, -0.2) is 43.8 Å². The average molecular weight is 621 g/mol. The van der Waals surface area contributed by atoms with Gasteiger partial charge in [0.05, 0.1) is 27.4 Å². The van der Waals surface area contributed by atoms with Gasteiger partial charge in [0.1, 0.15) is 47.3 Å². The molecule has 1 aliphatic carbocycles. The summed E-state index contributed by atoms with van der Waals surface area (Å²) in [5.41, 5.74) is 1.79. The Morgan fingerprint density at radius 2 is 1.91 bits per heavy atom. The summed E-state index contributed by atoms with van der Waals surface area (Å²) in [6.07, 6.45) is 4.74. The molecule has 7 rings (SSSR count). The zero-order valence-corrected chi connectivity index (χ0v) is 24.9. The highest BCUT2D eigenvalue weighted by Gasteiger charge is 2.62. The number of aldehydes is 1. The SMILES string of the molecule is CC1(C)OC2C(n3ccc4c(Cl)ncnc43)CC(C=O)(CCc3cc(F)c4cc(Cl)c(Nc5ccccc5)nc4c3)C2O1. The molecule has 4 heterocycles. The first-order valence-electron chi connectivity index (χ1n) is 14.1. The maximum atomic E-state index is 15.3. The highest BCUT2D eigenvalue weighted by Crippen LogP contribution is 2.55. The summed E-state index contributed by atoms with van der Waals surface area (Å²) in [7, 11) is 0. The van der Waals surface area contributed by atoms with Crippen LogP contribution in [0.3, 0.4) is 0 Å². The molecular weight excluding hydrogens is 592 g/mol. The van der Waals surface area contributed by atoms with Crippen LogP contribution in [0.1, 0.15) is 38.3 Å². The molecule has 0 radical (unpaired) electrons. The molecule has 11 heteroatoms. The summed E-state index contributed by atoms with van der Waals surface area (Å²) in [6, 6.07) is 16.1. The summed E-state index contributed by atoms with van der Waals surface area (Å²) in [4.78, 5) is 26.2. The van der Waals surface area contributed by atoms with Crippen LogP contribution in [-0.2, 0) is 20.7 Å². The zero-order chi connectivity index (χ0) is 29.9. The number of carbonyl (C=O) groups is 1. The van der Waals surface area contributed by atoms with E-state index in [4.69, 9.17) is 32.7 Å². The first-order valence-corrected chi connectivity index (χ1v) is 14.8. The molecule has 4 atom stereocenters. The van der Waals surface area contributed by atoms with Gasteiger partial charge in [-0.25, -0.2) is 19.3 Å². The van der Waals surface area contributed by atoms with Crippen LogP contribution in [0.4, 0.5) is 15.9 Å². The van der Waals surface area contributed by atoms with Crippen molar-refractivity contribution in [3.63, 3.8) is 0 Å². The van der Waals surface area contributed by atoms with E-state index in [1.165, 1.54) is 12.4 Å². The van der Waals surface area contributed by atoms with Gasteiger partial charge >= 0.3 is 0 Å². The monoisotopic (exact) mass is 619 g/mol. The van der Waals surface area contributed by atoms with E-state index in [-0.39, 0.29) is 6.04 Å². The number of hydrogen-bond acceptors (Lipinski definition) is 7. The van der Waals surface area contributed by atoms with Gasteiger partial charge in [-0.3, -0.25) is 0 Å². The lowest BCUT2D eigenvalue weighted by Crippen LogP contribution is -2.37. The summed E-state index contributed by atoms with van der Waals surface area (Å²) in [5, 5.41) is 4.93. The fourth-order valence-corrected chi connectivity index (χ4v) is 6.94. The van der Waals surface area contributed by atoms with E-state index in [1.807, 2.05) is 67.1 Å². The van der Waals surface area contributed by atoms with E-state index < -0.39 is 29.2 Å². The van der Waals surface area contributed by atoms with E-state index >= 15 is 4.39 Å². The van der Waals surface area contributed by atoms with Gasteiger partial charge in [-0.1, -0.05) is 41.4 Å². The number of benzene rings is 2. The summed E-state index contributed by atoms with van der Waals surface area (Å²) in [5.74, 6) is -0.866. The molecule has 1 aliphatic heterocycles. The first kappa shape index (κ1) is 28.2. The Hall–Kier alpha value is -3.63. The largest absolute Gasteiger partial charge is 0.343 e. The number of anilines is 2. The van der Waals surface area contributed by atoms with Crippen molar-refractivity contribution in [3.8, 4) is 0 Å². The highest BCUT2D eigenvalue weighted by molar-refractivity contribution is 6.34. The molecule has 0 bridgehead atoms. The topological polar surface area (TPSA) is 91.2 Å². The molecule has 220 valence electrons. The standard InChI is InChI=1S/C32H28Cl2FN5O3/c1-31(2)42-26-25(40-11-9-20-28(34)36-17-37-30(20)40)15-32(16-41,27(26)43-31)10-8-18-12-23(35)21-14-22(33)29(39-24(21)13-18)38-19-6-4-3-5-7-19/h3-7,9,11-14,16-17,25-27H,8,10,15H2,1-2H3,(H,38,39). The molecule has 1 N–H and O–H groups in total. The number of rotatable bonds is 7. The third kappa shape index (κ3) is 4.94. The van der Waals surface area contributed by atoms with Gasteiger partial charge < -0.3 is 24.2 Å². The number of para-hydroxylation sites is 1. The molecule has 0 amide bonds. The average Bonchev–Trinajstić information content (AvgIpc) is 3.64. The first-order chi connectivity index (χ1) is 20.7. The molecule has 1 saturated heterocycles. The zero-order valence-electron chi connectivity index (χ0n) is 23.4. The number of nitrogens with one attached hydrogen (secondary N) is 1. The Kier molecular flexibility index (Phi) is 6.89. The van der Waals surface area contributed by atoms with Crippen LogP contribution < -0.4 is 5.32 Å². The van der Waals surface area contributed by atoms with Gasteiger partial charge in [-0.15, -0.1) is 0 Å². The highest BCUT2D eigenvalue weighted by atomic mass is 35.5. The van der Waals surface area contributed by atoms with E-state index in [9.17, 15) is 4.79 Å². The molecule has 43 heavy (non-hydrogen) atoms. The smallest absolute Gasteiger partial charge is 0.163 e. The molecule has 2 fully saturated rings. The Bertz CT molecular complexity index is 1870. The molecule has 5 aromatic rings. The fourth-order valence-electron chi connectivity index (χ4n) is 6.55. The van der Waals surface area contributed by atoms with Crippen molar-refractivity contribution in [3.05, 3.63) is 88.7 Å². The van der Waals surface area contributed by atoms with Crippen LogP contribution in [0.5, 0.6) is 0 Å². The van der Waals surface area contributed by atoms with E-state index in [0.717, 1.165) is 22.9 Å². The van der Waals surface area contributed by atoms with Gasteiger partial charge in [-0.05, 0) is 75.1 Å². The predicted molar refractivity (Wildman–Crippen MR) is 163 cm³/mol. The van der Waals surface area contributed by atoms with Crippen molar-refractivity contribution in [2.45, 2.75) is 57.1 Å². The van der Waals surface area contributed by atoms with E-state index in [2.05, 4.69) is 20.3 Å². The number of hydrogen-bond donors (Lipinski definition) is 1. The number of aromatic nitrogens is 4. The van der Waals surface area contributed by atoms with Crippen LogP contribution in [0.2, 0.25) is 10.2 Å². The number of fused-ring (bicyclic) bond motifs is 3. The molecule has 0 spiro atoms. The molecule has 1 saturated carbocycles. The van der Waals surface area contributed by atoms with Crippen molar-refractivity contribution in [1.82, 2.24) is 19.5 Å². The van der Waals surface area contributed by atoms with Crippen molar-refractivity contribution in [2.75, 3.05) is 5.32 Å². The number of carbonyl (C=O) groups excluding carboxylic acids is 1. The minimum absolute atomic E-state index is 0.232. The lowest BCUT2D eigenvalue weighted by Gasteiger charge is -2.30. The van der Waals surface area contributed by atoms with Crippen molar-refractivity contribution in [1.29, 1.82) is 0 Å². The third-order valence-corrected chi connectivity index (χ3v) is 9.12. The van der Waals surface area contributed by atoms with Gasteiger partial charge in [0.25, 0.3) is 0 Å². The second-order valence-corrected chi connectivity index (χ2v) is 12.5. The van der Waals surface area contributed by atoms with Gasteiger partial charge in [0, 0.05) is 17.3 Å². The van der Waals surface area contributed by atoms with Crippen LogP contribution in [0.25, 0.3) is 21.9 Å². The maximum Gasteiger partial charge on any atom is 0.163 e. The predicted octanol–water partition coefficient (Wildman–Crippen LogP) is 7.45. The lowest BCUT2D eigenvalue weighted by atomic mass is 9.79.